The van der Waals surface area contributed by atoms with E-state index in [0.717, 1.165) is 17.1 Å². The number of aromatic nitrogens is 3. The predicted octanol–water partition coefficient (Wildman–Crippen LogP) is 2.47. The number of nitrogens with zero attached hydrogens (tertiary/aromatic N) is 3. The van der Waals surface area contributed by atoms with Crippen molar-refractivity contribution in [1.29, 1.82) is 0 Å². The van der Waals surface area contributed by atoms with Crippen LogP contribution in [0.25, 0.3) is 0 Å². The van der Waals surface area contributed by atoms with Crippen LogP contribution in [0.15, 0.2) is 24.5 Å². The number of hydrogen-bond donors (Lipinski definition) is 1. The highest BCUT2D eigenvalue weighted by atomic mass is 16.5. The van der Waals surface area contributed by atoms with E-state index < -0.39 is 0 Å². The van der Waals surface area contributed by atoms with E-state index in [1.54, 1.807) is 7.11 Å². The highest BCUT2D eigenvalue weighted by Gasteiger charge is 2.13. The molecule has 114 valence electrons. The molecule has 0 fully saturated rings. The molecule has 2 rings (SSSR count). The number of benzene rings is 1. The molecule has 1 aromatic carbocycles. The molecule has 0 aliphatic rings. The Hall–Kier alpha value is -2.08. The van der Waals surface area contributed by atoms with Crippen LogP contribution < -0.4 is 15.2 Å². The Morgan fingerprint density at radius 3 is 2.67 bits per heavy atom. The molecule has 0 amide bonds. The molecule has 1 heterocycles. The lowest BCUT2D eigenvalue weighted by Gasteiger charge is -2.16. The molecule has 0 aliphatic heterocycles. The van der Waals surface area contributed by atoms with Crippen molar-refractivity contribution in [2.45, 2.75) is 39.5 Å². The van der Waals surface area contributed by atoms with Crippen LogP contribution in [0.3, 0.4) is 0 Å². The molecule has 2 N–H and O–H groups in total. The molecule has 0 bridgehead atoms. The Morgan fingerprint density at radius 2 is 2.05 bits per heavy atom. The first-order valence-electron chi connectivity index (χ1n) is 6.97. The van der Waals surface area contributed by atoms with E-state index in [-0.39, 0.29) is 12.1 Å². The minimum Gasteiger partial charge on any atom is -0.497 e. The number of hydrogen-bond acceptors (Lipinski definition) is 5. The molecule has 0 aliphatic carbocycles. The summed E-state index contributed by atoms with van der Waals surface area (Å²) in [6.07, 6.45) is 1.54. The van der Waals surface area contributed by atoms with Gasteiger partial charge in [0.2, 0.25) is 0 Å². The van der Waals surface area contributed by atoms with Crippen LogP contribution in [-0.4, -0.2) is 21.9 Å². The van der Waals surface area contributed by atoms with Crippen LogP contribution in [-0.2, 0) is 6.61 Å². The van der Waals surface area contributed by atoms with Gasteiger partial charge in [0.15, 0.2) is 5.82 Å². The third-order valence-corrected chi connectivity index (χ3v) is 3.20. The lowest BCUT2D eigenvalue weighted by atomic mass is 10.1. The molecule has 2 aromatic rings. The second-order valence-electron chi connectivity index (χ2n) is 5.20. The average Bonchev–Trinajstić information content (AvgIpc) is 2.93. The monoisotopic (exact) mass is 290 g/mol. The van der Waals surface area contributed by atoms with Gasteiger partial charge in [-0.15, -0.1) is 0 Å². The SMILES string of the molecule is COc1ccc(C(C)N)c(OCc2ncnn2C(C)C)c1. The van der Waals surface area contributed by atoms with Crippen molar-refractivity contribution < 1.29 is 9.47 Å². The van der Waals surface area contributed by atoms with E-state index in [4.69, 9.17) is 15.2 Å². The molecular weight excluding hydrogens is 268 g/mol. The van der Waals surface area contributed by atoms with Gasteiger partial charge in [-0.2, -0.15) is 5.10 Å². The van der Waals surface area contributed by atoms with Crippen molar-refractivity contribution in [1.82, 2.24) is 14.8 Å². The zero-order valence-electron chi connectivity index (χ0n) is 12.9. The molecule has 1 unspecified atom stereocenters. The average molecular weight is 290 g/mol. The summed E-state index contributed by atoms with van der Waals surface area (Å²) in [5.41, 5.74) is 6.92. The fourth-order valence-corrected chi connectivity index (χ4v) is 2.09. The summed E-state index contributed by atoms with van der Waals surface area (Å²) in [7, 11) is 1.63. The highest BCUT2D eigenvalue weighted by Crippen LogP contribution is 2.29. The third kappa shape index (κ3) is 3.52. The summed E-state index contributed by atoms with van der Waals surface area (Å²) in [6.45, 7) is 6.37. The maximum absolute atomic E-state index is 5.98. The fourth-order valence-electron chi connectivity index (χ4n) is 2.09. The Balaban J connectivity index is 2.20. The van der Waals surface area contributed by atoms with E-state index in [1.165, 1.54) is 6.33 Å². The largest absolute Gasteiger partial charge is 0.497 e. The van der Waals surface area contributed by atoms with Crippen molar-refractivity contribution >= 4 is 0 Å². The smallest absolute Gasteiger partial charge is 0.165 e. The maximum Gasteiger partial charge on any atom is 0.165 e. The van der Waals surface area contributed by atoms with Crippen LogP contribution in [0.2, 0.25) is 0 Å². The maximum atomic E-state index is 5.98. The molecule has 0 saturated carbocycles. The molecule has 1 atom stereocenters. The fraction of sp³-hybridized carbons (Fsp3) is 0.467. The van der Waals surface area contributed by atoms with Gasteiger partial charge in [0, 0.05) is 23.7 Å². The summed E-state index contributed by atoms with van der Waals surface area (Å²) in [5.74, 6) is 2.23. The van der Waals surface area contributed by atoms with Crippen LogP contribution >= 0.6 is 0 Å². The number of ether oxygens (including phenoxy) is 2. The van der Waals surface area contributed by atoms with Crippen molar-refractivity contribution in [3.63, 3.8) is 0 Å². The van der Waals surface area contributed by atoms with Crippen LogP contribution in [0.5, 0.6) is 11.5 Å². The van der Waals surface area contributed by atoms with E-state index in [0.29, 0.717) is 12.4 Å². The third-order valence-electron chi connectivity index (χ3n) is 3.20. The Bertz CT molecular complexity index is 593. The van der Waals surface area contributed by atoms with Crippen molar-refractivity contribution in [2.24, 2.45) is 5.73 Å². The summed E-state index contributed by atoms with van der Waals surface area (Å²) in [4.78, 5) is 4.23. The topological polar surface area (TPSA) is 75.2 Å². The summed E-state index contributed by atoms with van der Waals surface area (Å²) in [6, 6.07) is 5.77. The molecule has 0 saturated heterocycles. The quantitative estimate of drug-likeness (QED) is 0.884. The van der Waals surface area contributed by atoms with Gasteiger partial charge >= 0.3 is 0 Å². The van der Waals surface area contributed by atoms with Gasteiger partial charge in [-0.3, -0.25) is 0 Å². The second kappa shape index (κ2) is 6.58. The van der Waals surface area contributed by atoms with E-state index in [2.05, 4.69) is 23.9 Å². The molecular formula is C15H22N4O2. The molecule has 0 radical (unpaired) electrons. The highest BCUT2D eigenvalue weighted by molar-refractivity contribution is 5.42. The van der Waals surface area contributed by atoms with Gasteiger partial charge in [-0.05, 0) is 26.8 Å². The Morgan fingerprint density at radius 1 is 1.29 bits per heavy atom. The van der Waals surface area contributed by atoms with Gasteiger partial charge < -0.3 is 15.2 Å². The van der Waals surface area contributed by atoms with Crippen LogP contribution in [0, 0.1) is 0 Å². The number of nitrogens with two attached hydrogens (primary N) is 1. The lowest BCUT2D eigenvalue weighted by Crippen LogP contribution is -2.12. The number of rotatable bonds is 6. The van der Waals surface area contributed by atoms with Gasteiger partial charge in [-0.25, -0.2) is 9.67 Å². The normalized spacial score (nSPS) is 12.5. The summed E-state index contributed by atoms with van der Waals surface area (Å²) < 4.78 is 13.0. The first-order chi connectivity index (χ1) is 10.0. The van der Waals surface area contributed by atoms with Gasteiger partial charge in [0.25, 0.3) is 0 Å². The molecule has 1 aromatic heterocycles. The zero-order chi connectivity index (χ0) is 15.4. The minimum atomic E-state index is -0.117. The summed E-state index contributed by atoms with van der Waals surface area (Å²) in [5, 5.41) is 4.20. The van der Waals surface area contributed by atoms with Gasteiger partial charge in [0.05, 0.1) is 7.11 Å². The van der Waals surface area contributed by atoms with Crippen molar-refractivity contribution in [3.05, 3.63) is 35.9 Å². The van der Waals surface area contributed by atoms with E-state index in [1.807, 2.05) is 29.8 Å². The van der Waals surface area contributed by atoms with Crippen molar-refractivity contribution in [3.8, 4) is 11.5 Å². The first-order valence-corrected chi connectivity index (χ1v) is 6.97. The Labute approximate surface area is 124 Å². The number of methoxy groups -OCH3 is 1. The molecule has 0 spiro atoms. The zero-order valence-corrected chi connectivity index (χ0v) is 12.9. The Kier molecular flexibility index (Phi) is 4.80. The van der Waals surface area contributed by atoms with Crippen LogP contribution in [0.4, 0.5) is 0 Å². The predicted molar refractivity (Wildman–Crippen MR) is 80.3 cm³/mol. The standard InChI is InChI=1S/C15H22N4O2/c1-10(2)19-15(17-9-18-19)8-21-14-7-12(20-4)5-6-13(14)11(3)16/h5-7,9-11H,8,16H2,1-4H3. The van der Waals surface area contributed by atoms with Gasteiger partial charge in [-0.1, -0.05) is 6.07 Å². The molecule has 6 heteroatoms. The lowest BCUT2D eigenvalue weighted by molar-refractivity contribution is 0.277. The minimum absolute atomic E-state index is 0.117. The van der Waals surface area contributed by atoms with E-state index in [9.17, 15) is 0 Å². The first kappa shape index (κ1) is 15.3. The van der Waals surface area contributed by atoms with Crippen molar-refractivity contribution in [2.75, 3.05) is 7.11 Å². The molecule has 21 heavy (non-hydrogen) atoms. The van der Waals surface area contributed by atoms with E-state index >= 15 is 0 Å². The van der Waals surface area contributed by atoms with Crippen LogP contribution in [0.1, 0.15) is 44.2 Å². The summed E-state index contributed by atoms with van der Waals surface area (Å²) >= 11 is 0. The molecule has 6 nitrogen and oxygen atoms in total. The second-order valence-corrected chi connectivity index (χ2v) is 5.20. The van der Waals surface area contributed by atoms with Gasteiger partial charge in [0.1, 0.15) is 24.4 Å².